The first kappa shape index (κ1) is 24.0. The average Bonchev–Trinajstić information content (AvgIpc) is 3.75. The predicted octanol–water partition coefficient (Wildman–Crippen LogP) is 5.56. The summed E-state index contributed by atoms with van der Waals surface area (Å²) in [5.74, 6) is 0.216. The van der Waals surface area contributed by atoms with Crippen LogP contribution in [0.5, 0.6) is 0 Å². The number of nitrogens with zero attached hydrogens (tertiary/aromatic N) is 1. The summed E-state index contributed by atoms with van der Waals surface area (Å²) in [5.41, 5.74) is 4.27. The normalized spacial score (nSPS) is 16.0. The predicted molar refractivity (Wildman–Crippen MR) is 140 cm³/mol. The van der Waals surface area contributed by atoms with E-state index in [-0.39, 0.29) is 23.5 Å². The van der Waals surface area contributed by atoms with Crippen LogP contribution in [0.25, 0.3) is 0 Å². The van der Waals surface area contributed by atoms with Gasteiger partial charge in [0.25, 0.3) is 5.91 Å². The number of nitrogens with one attached hydrogen (secondary N) is 2. The monoisotopic (exact) mass is 485 g/mol. The molecule has 3 aromatic carbocycles. The maximum absolute atomic E-state index is 13.3. The molecule has 36 heavy (non-hydrogen) atoms. The Morgan fingerprint density at radius 1 is 0.861 bits per heavy atom. The second-order valence-electron chi connectivity index (χ2n) is 9.92. The summed E-state index contributed by atoms with van der Waals surface area (Å²) in [7, 11) is 0. The van der Waals surface area contributed by atoms with Crippen molar-refractivity contribution in [3.8, 4) is 0 Å². The van der Waals surface area contributed by atoms with Crippen LogP contribution >= 0.6 is 0 Å². The number of hydrogen-bond donors (Lipinski definition) is 2. The fraction of sp³-hybridized carbons (Fsp3) is 0.333. The van der Waals surface area contributed by atoms with Gasteiger partial charge in [-0.2, -0.15) is 0 Å². The van der Waals surface area contributed by atoms with Crippen LogP contribution in [0, 0.1) is 17.7 Å². The Hall–Kier alpha value is -3.67. The number of carbonyl (C=O) groups is 2. The molecule has 1 aliphatic heterocycles. The lowest BCUT2D eigenvalue weighted by molar-refractivity contribution is -0.117. The van der Waals surface area contributed by atoms with Gasteiger partial charge in [-0.05, 0) is 79.5 Å². The molecule has 2 fully saturated rings. The van der Waals surface area contributed by atoms with Crippen molar-refractivity contribution in [2.45, 2.75) is 38.6 Å². The van der Waals surface area contributed by atoms with Gasteiger partial charge in [0.1, 0.15) is 5.82 Å². The summed E-state index contributed by atoms with van der Waals surface area (Å²) in [4.78, 5) is 27.9. The topological polar surface area (TPSA) is 61.4 Å². The minimum Gasteiger partial charge on any atom is -0.371 e. The van der Waals surface area contributed by atoms with Gasteiger partial charge in [-0.1, -0.05) is 42.5 Å². The zero-order chi connectivity index (χ0) is 24.9. The van der Waals surface area contributed by atoms with Crippen LogP contribution < -0.4 is 15.5 Å². The molecular formula is C30H32FN3O2. The zero-order valence-corrected chi connectivity index (χ0v) is 20.4. The average molecular weight is 486 g/mol. The molecule has 2 aliphatic rings. The van der Waals surface area contributed by atoms with E-state index in [0.29, 0.717) is 23.7 Å². The fourth-order valence-electron chi connectivity index (χ4n) is 4.87. The van der Waals surface area contributed by atoms with Crippen LogP contribution in [0.1, 0.15) is 47.2 Å². The Balaban J connectivity index is 1.29. The molecule has 3 aromatic rings. The second-order valence-corrected chi connectivity index (χ2v) is 9.92. The third-order valence-electron chi connectivity index (χ3n) is 7.15. The molecular weight excluding hydrogens is 453 g/mol. The highest BCUT2D eigenvalue weighted by atomic mass is 19.1. The van der Waals surface area contributed by atoms with E-state index < -0.39 is 0 Å². The van der Waals surface area contributed by atoms with E-state index >= 15 is 0 Å². The third kappa shape index (κ3) is 6.11. The molecule has 0 bridgehead atoms. The van der Waals surface area contributed by atoms with E-state index in [1.165, 1.54) is 17.7 Å². The third-order valence-corrected chi connectivity index (χ3v) is 7.15. The fourth-order valence-corrected chi connectivity index (χ4v) is 4.87. The van der Waals surface area contributed by atoms with Gasteiger partial charge in [-0.3, -0.25) is 9.59 Å². The Morgan fingerprint density at radius 2 is 1.58 bits per heavy atom. The summed E-state index contributed by atoms with van der Waals surface area (Å²) in [6.07, 6.45) is 5.04. The van der Waals surface area contributed by atoms with E-state index in [2.05, 4.69) is 39.8 Å². The summed E-state index contributed by atoms with van der Waals surface area (Å²) in [6, 6.07) is 22.3. The quantitative estimate of drug-likeness (QED) is 0.439. The van der Waals surface area contributed by atoms with E-state index in [1.807, 2.05) is 18.2 Å². The van der Waals surface area contributed by atoms with Crippen LogP contribution in [-0.4, -0.2) is 24.9 Å². The highest BCUT2D eigenvalue weighted by Crippen LogP contribution is 2.33. The number of benzene rings is 3. The van der Waals surface area contributed by atoms with Crippen molar-refractivity contribution in [3.05, 3.63) is 95.3 Å². The summed E-state index contributed by atoms with van der Waals surface area (Å²) in [6.45, 7) is 2.06. The highest BCUT2D eigenvalue weighted by Gasteiger charge is 2.30. The molecule has 186 valence electrons. The molecule has 0 radical (unpaired) electrons. The van der Waals surface area contributed by atoms with Crippen LogP contribution in [0.15, 0.2) is 72.8 Å². The Labute approximate surface area is 211 Å². The zero-order valence-electron chi connectivity index (χ0n) is 20.4. The summed E-state index contributed by atoms with van der Waals surface area (Å²) in [5, 5.41) is 5.94. The Morgan fingerprint density at radius 3 is 2.28 bits per heavy atom. The van der Waals surface area contributed by atoms with Crippen molar-refractivity contribution in [2.24, 2.45) is 11.8 Å². The smallest absolute Gasteiger partial charge is 0.253 e. The van der Waals surface area contributed by atoms with Gasteiger partial charge < -0.3 is 15.5 Å². The highest BCUT2D eigenvalue weighted by molar-refractivity contribution is 6.02. The molecule has 5 rings (SSSR count). The van der Waals surface area contributed by atoms with Crippen LogP contribution in [0.4, 0.5) is 15.8 Å². The lowest BCUT2D eigenvalue weighted by atomic mass is 9.89. The van der Waals surface area contributed by atoms with Gasteiger partial charge >= 0.3 is 0 Å². The molecule has 2 N–H and O–H groups in total. The number of amides is 2. The summed E-state index contributed by atoms with van der Waals surface area (Å²) < 4.78 is 13.2. The first-order valence-corrected chi connectivity index (χ1v) is 12.8. The van der Waals surface area contributed by atoms with Crippen molar-refractivity contribution in [2.75, 3.05) is 23.3 Å². The van der Waals surface area contributed by atoms with Gasteiger partial charge in [0.2, 0.25) is 5.91 Å². The molecule has 0 aromatic heterocycles. The van der Waals surface area contributed by atoms with Gasteiger partial charge in [0.15, 0.2) is 0 Å². The molecule has 2 amide bonds. The molecule has 0 unspecified atom stereocenters. The Kier molecular flexibility index (Phi) is 7.31. The standard InChI is InChI=1S/C30H32FN3O2/c31-25-10-6-23(7-11-25)20-32-30(36)27-19-26(33-29(35)24-8-9-24)12-13-28(27)34-16-14-22(15-17-34)18-21-4-2-1-3-5-21/h1-7,10-13,19,22,24H,8-9,14-18,20H2,(H,32,36)(H,33,35). The number of piperidine rings is 1. The Bertz CT molecular complexity index is 1200. The lowest BCUT2D eigenvalue weighted by Gasteiger charge is -2.35. The molecule has 1 saturated carbocycles. The van der Waals surface area contributed by atoms with Gasteiger partial charge in [0.05, 0.1) is 5.56 Å². The van der Waals surface area contributed by atoms with Crippen molar-refractivity contribution in [1.29, 1.82) is 0 Å². The molecule has 1 saturated heterocycles. The van der Waals surface area contributed by atoms with Crippen LogP contribution in [0.3, 0.4) is 0 Å². The molecule has 0 atom stereocenters. The maximum Gasteiger partial charge on any atom is 0.253 e. The molecule has 1 aliphatic carbocycles. The largest absolute Gasteiger partial charge is 0.371 e. The number of anilines is 2. The van der Waals surface area contributed by atoms with Crippen molar-refractivity contribution in [3.63, 3.8) is 0 Å². The van der Waals surface area contributed by atoms with Crippen LogP contribution in [0.2, 0.25) is 0 Å². The first-order chi connectivity index (χ1) is 17.5. The van der Waals surface area contributed by atoms with Gasteiger partial charge in [-0.15, -0.1) is 0 Å². The van der Waals surface area contributed by atoms with E-state index in [4.69, 9.17) is 0 Å². The van der Waals surface area contributed by atoms with Crippen LogP contribution in [-0.2, 0) is 17.8 Å². The molecule has 1 heterocycles. The lowest BCUT2D eigenvalue weighted by Crippen LogP contribution is -2.36. The number of hydrogen-bond acceptors (Lipinski definition) is 3. The first-order valence-electron chi connectivity index (χ1n) is 12.8. The van der Waals surface area contributed by atoms with Crippen molar-refractivity contribution in [1.82, 2.24) is 5.32 Å². The van der Waals surface area contributed by atoms with E-state index in [9.17, 15) is 14.0 Å². The number of carbonyl (C=O) groups excluding carboxylic acids is 2. The minimum atomic E-state index is -0.304. The molecule has 0 spiro atoms. The van der Waals surface area contributed by atoms with Crippen molar-refractivity contribution >= 4 is 23.2 Å². The summed E-state index contributed by atoms with van der Waals surface area (Å²) >= 11 is 0. The maximum atomic E-state index is 13.3. The van der Waals surface area contributed by atoms with Gasteiger partial charge in [-0.25, -0.2) is 4.39 Å². The van der Waals surface area contributed by atoms with Crippen molar-refractivity contribution < 1.29 is 14.0 Å². The number of rotatable bonds is 8. The molecule has 5 nitrogen and oxygen atoms in total. The SMILES string of the molecule is O=C(NCc1ccc(F)cc1)c1cc(NC(=O)C2CC2)ccc1N1CCC(Cc2ccccc2)CC1. The number of halogens is 1. The van der Waals surface area contributed by atoms with E-state index in [0.717, 1.165) is 56.4 Å². The minimum absolute atomic E-state index is 0.0159. The molecule has 6 heteroatoms. The van der Waals surface area contributed by atoms with Gasteiger partial charge in [0, 0.05) is 36.9 Å². The van der Waals surface area contributed by atoms with E-state index in [1.54, 1.807) is 18.2 Å². The second kappa shape index (κ2) is 10.9.